The van der Waals surface area contributed by atoms with Gasteiger partial charge in [0, 0.05) is 27.5 Å². The smallest absolute Gasteiger partial charge is 0.260 e. The third kappa shape index (κ3) is 5.08. The van der Waals surface area contributed by atoms with E-state index in [2.05, 4.69) is 5.43 Å². The average molecular weight is 754 g/mol. The molecular weight excluding hydrogens is 721 g/mol. The molecule has 1 saturated carbocycles. The lowest BCUT2D eigenvalue weighted by Gasteiger charge is -2.50. The summed E-state index contributed by atoms with van der Waals surface area (Å²) in [6, 6.07) is 29.3. The highest BCUT2D eigenvalue weighted by Gasteiger charge is 2.70. The number of carbonyl (C=O) groups excluding carboxylic acids is 5. The maximum Gasteiger partial charge on any atom is 0.260 e. The first-order chi connectivity index (χ1) is 26.5. The van der Waals surface area contributed by atoms with Crippen LogP contribution in [0.3, 0.4) is 0 Å². The minimum absolute atomic E-state index is 0.0444. The summed E-state index contributed by atoms with van der Waals surface area (Å²) >= 11 is 6.39. The van der Waals surface area contributed by atoms with E-state index < -0.39 is 58.5 Å². The Bertz CT molecular complexity index is 2500. The summed E-state index contributed by atoms with van der Waals surface area (Å²) < 4.78 is 13.9. The molecule has 2 aliphatic heterocycles. The van der Waals surface area contributed by atoms with Gasteiger partial charge in [-0.05, 0) is 97.3 Å². The number of phenols is 1. The highest BCUT2D eigenvalue weighted by molar-refractivity contribution is 6.30. The molecule has 2 N–H and O–H groups in total. The zero-order chi connectivity index (χ0) is 38.3. The van der Waals surface area contributed by atoms with Gasteiger partial charge in [-0.2, -0.15) is 5.01 Å². The molecule has 274 valence electrons. The van der Waals surface area contributed by atoms with Crippen LogP contribution < -0.4 is 10.3 Å². The number of nitrogens with one attached hydrogen (secondary N) is 1. The lowest BCUT2D eigenvalue weighted by atomic mass is 9.49. The normalized spacial score (nSPS) is 25.8. The highest BCUT2D eigenvalue weighted by atomic mass is 35.5. The first-order valence-electron chi connectivity index (χ1n) is 18.1. The fourth-order valence-electron chi connectivity index (χ4n) is 9.60. The molecule has 2 heterocycles. The molecule has 0 spiro atoms. The van der Waals surface area contributed by atoms with Gasteiger partial charge in [-0.25, -0.2) is 4.39 Å². The van der Waals surface area contributed by atoms with Gasteiger partial charge in [-0.15, -0.1) is 0 Å². The summed E-state index contributed by atoms with van der Waals surface area (Å²) in [4.78, 5) is 72.2. The summed E-state index contributed by atoms with van der Waals surface area (Å²) in [5, 5.41) is 14.9. The lowest BCUT2D eigenvalue weighted by molar-refractivity contribution is -0.138. The Balaban J connectivity index is 1.25. The molecule has 9 nitrogen and oxygen atoms in total. The van der Waals surface area contributed by atoms with Crippen molar-refractivity contribution in [2.24, 2.45) is 23.7 Å². The van der Waals surface area contributed by atoms with Gasteiger partial charge < -0.3 is 5.11 Å². The van der Waals surface area contributed by atoms with Crippen LogP contribution in [0, 0.1) is 29.5 Å². The number of allylic oxidation sites excluding steroid dienone is 2. The summed E-state index contributed by atoms with van der Waals surface area (Å²) in [6.07, 6.45) is 2.15. The first kappa shape index (κ1) is 34.6. The molecule has 11 heteroatoms. The predicted octanol–water partition coefficient (Wildman–Crippen LogP) is 7.73. The second kappa shape index (κ2) is 12.7. The standard InChI is InChI=1S/C44H33ClFN3O6/c1-23(50)24-6-17-30(18-7-24)48-40(52)33-21-20-32-35(37(33)42(48)54)22-36-41(53)49(47-29-15-13-28(46)14-16-29)43(55)44(36,26-9-11-27(45)12-10-26)38(32)34-19-8-25-4-2-3-5-31(25)39(34)51/h2-20,33,35-38,47,51H,21-22H2,1H3. The molecule has 55 heavy (non-hydrogen) atoms. The Kier molecular flexibility index (Phi) is 8.02. The van der Waals surface area contributed by atoms with Gasteiger partial charge in [0.1, 0.15) is 11.6 Å². The molecule has 4 amide bonds. The predicted molar refractivity (Wildman–Crippen MR) is 204 cm³/mol. The fourth-order valence-corrected chi connectivity index (χ4v) is 9.73. The van der Waals surface area contributed by atoms with Crippen molar-refractivity contribution in [3.05, 3.63) is 148 Å². The number of carbonyl (C=O) groups is 5. The maximum atomic E-state index is 15.4. The van der Waals surface area contributed by atoms with Gasteiger partial charge in [-0.3, -0.25) is 34.3 Å². The molecule has 0 aromatic heterocycles. The van der Waals surface area contributed by atoms with Crippen LogP contribution in [0.1, 0.15) is 47.2 Å². The van der Waals surface area contributed by atoms with E-state index in [1.54, 1.807) is 66.7 Å². The lowest BCUT2D eigenvalue weighted by Crippen LogP contribution is -2.53. The summed E-state index contributed by atoms with van der Waals surface area (Å²) in [7, 11) is 0. The number of aromatic hydroxyl groups is 1. The minimum Gasteiger partial charge on any atom is -0.507 e. The number of phenolic OH excluding ortho intramolecular Hbond substituents is 1. The molecule has 5 aromatic rings. The second-order valence-corrected chi connectivity index (χ2v) is 15.1. The molecule has 2 saturated heterocycles. The van der Waals surface area contributed by atoms with Crippen molar-refractivity contribution >= 4 is 63.2 Å². The van der Waals surface area contributed by atoms with Crippen molar-refractivity contribution in [3.8, 4) is 5.75 Å². The van der Waals surface area contributed by atoms with Gasteiger partial charge in [0.05, 0.1) is 34.5 Å². The van der Waals surface area contributed by atoms with Crippen LogP contribution in [0.2, 0.25) is 5.02 Å². The summed E-state index contributed by atoms with van der Waals surface area (Å²) in [5.74, 6) is -6.98. The van der Waals surface area contributed by atoms with E-state index in [0.717, 1.165) is 10.4 Å². The Morgan fingerprint density at radius 1 is 0.836 bits per heavy atom. The monoisotopic (exact) mass is 753 g/mol. The van der Waals surface area contributed by atoms with Gasteiger partial charge in [0.2, 0.25) is 11.8 Å². The Hall–Kier alpha value is -6.13. The van der Waals surface area contributed by atoms with Crippen LogP contribution in [-0.2, 0) is 24.6 Å². The minimum atomic E-state index is -1.64. The largest absolute Gasteiger partial charge is 0.507 e. The zero-order valence-electron chi connectivity index (χ0n) is 29.4. The highest BCUT2D eigenvalue weighted by Crippen LogP contribution is 2.65. The third-order valence-corrected chi connectivity index (χ3v) is 12.3. The Labute approximate surface area is 320 Å². The molecule has 6 unspecified atom stereocenters. The van der Waals surface area contributed by atoms with Gasteiger partial charge in [0.25, 0.3) is 11.8 Å². The second-order valence-electron chi connectivity index (χ2n) is 14.7. The van der Waals surface area contributed by atoms with E-state index in [4.69, 9.17) is 11.6 Å². The fraction of sp³-hybridized carbons (Fsp3) is 0.205. The Morgan fingerprint density at radius 2 is 1.55 bits per heavy atom. The molecule has 4 aliphatic rings. The number of rotatable bonds is 6. The van der Waals surface area contributed by atoms with Crippen LogP contribution in [0.5, 0.6) is 5.75 Å². The topological polar surface area (TPSA) is 124 Å². The van der Waals surface area contributed by atoms with Crippen LogP contribution in [0.25, 0.3) is 10.8 Å². The molecule has 6 atom stereocenters. The van der Waals surface area contributed by atoms with E-state index in [1.165, 1.54) is 36.1 Å². The van der Waals surface area contributed by atoms with Crippen LogP contribution in [0.4, 0.5) is 15.8 Å². The number of nitrogens with zero attached hydrogens (tertiary/aromatic N) is 2. The quantitative estimate of drug-likeness (QED) is 0.103. The molecule has 0 bridgehead atoms. The number of ketones is 1. The van der Waals surface area contributed by atoms with E-state index in [9.17, 15) is 28.7 Å². The van der Waals surface area contributed by atoms with Crippen molar-refractivity contribution in [3.63, 3.8) is 0 Å². The van der Waals surface area contributed by atoms with Crippen molar-refractivity contribution in [1.29, 1.82) is 0 Å². The van der Waals surface area contributed by atoms with Crippen LogP contribution in [-0.4, -0.2) is 39.5 Å². The average Bonchev–Trinajstić information content (AvgIpc) is 3.57. The van der Waals surface area contributed by atoms with Gasteiger partial charge in [-0.1, -0.05) is 71.8 Å². The van der Waals surface area contributed by atoms with Crippen LogP contribution in [0.15, 0.2) is 121 Å². The number of halogens is 2. The molecule has 2 aliphatic carbocycles. The molecular formula is C44H33ClFN3O6. The van der Waals surface area contributed by atoms with Gasteiger partial charge >= 0.3 is 0 Å². The number of imide groups is 2. The number of fused-ring (bicyclic) bond motifs is 5. The zero-order valence-corrected chi connectivity index (χ0v) is 30.2. The third-order valence-electron chi connectivity index (χ3n) is 12.0. The van der Waals surface area contributed by atoms with E-state index in [-0.39, 0.29) is 30.3 Å². The first-order valence-corrected chi connectivity index (χ1v) is 18.4. The molecule has 5 aromatic carbocycles. The maximum absolute atomic E-state index is 15.4. The number of Topliss-reactive ketones (excluding diaryl/α,β-unsaturated/α-hetero) is 1. The molecule has 0 radical (unpaired) electrons. The van der Waals surface area contributed by atoms with E-state index >= 15 is 4.79 Å². The number of anilines is 2. The van der Waals surface area contributed by atoms with E-state index in [0.29, 0.717) is 44.0 Å². The van der Waals surface area contributed by atoms with Crippen LogP contribution >= 0.6 is 11.6 Å². The van der Waals surface area contributed by atoms with Crippen molar-refractivity contribution in [1.82, 2.24) is 5.01 Å². The van der Waals surface area contributed by atoms with Crippen molar-refractivity contribution < 1.29 is 33.5 Å². The molecule has 9 rings (SSSR count). The SMILES string of the molecule is CC(=O)c1ccc(N2C(=O)C3CC=C4C(CC5C(=O)N(Nc6ccc(F)cc6)C(=O)C5(c5ccc(Cl)cc5)C4c4ccc5ccccc5c4O)C3C2=O)cc1. The number of amides is 4. The van der Waals surface area contributed by atoms with Gasteiger partial charge in [0.15, 0.2) is 5.78 Å². The number of hydrogen-bond donors (Lipinski definition) is 2. The number of benzene rings is 5. The molecule has 3 fully saturated rings. The van der Waals surface area contributed by atoms with Crippen molar-refractivity contribution in [2.45, 2.75) is 31.1 Å². The summed E-state index contributed by atoms with van der Waals surface area (Å²) in [6.45, 7) is 1.44. The van der Waals surface area contributed by atoms with Crippen molar-refractivity contribution in [2.75, 3.05) is 10.3 Å². The van der Waals surface area contributed by atoms with E-state index in [1.807, 2.05) is 24.3 Å². The number of hydrogen-bond acceptors (Lipinski definition) is 7. The Morgan fingerprint density at radius 3 is 2.25 bits per heavy atom. The summed E-state index contributed by atoms with van der Waals surface area (Å²) in [5.41, 5.74) is 3.94. The number of hydrazine groups is 1.